The van der Waals surface area contributed by atoms with E-state index >= 15 is 0 Å². The van der Waals surface area contributed by atoms with Crippen molar-refractivity contribution in [3.63, 3.8) is 0 Å². The van der Waals surface area contributed by atoms with E-state index in [1.807, 2.05) is 62.4 Å². The van der Waals surface area contributed by atoms with Gasteiger partial charge in [0.05, 0.1) is 19.8 Å². The third kappa shape index (κ3) is 48.4. The van der Waals surface area contributed by atoms with Gasteiger partial charge in [-0.3, -0.25) is 28.8 Å². The standard InChI is InChI=1S/2C13H17NO2.C11H15NO.C10H11NO3.C8H9NO2.C6H7NO.C5H10O.C2H3ClO.CH4.Al.3ClH.Na.H2O/c1-9(15)14-10-4-5-11-12(8-10)16-7-6-13(11,2)3;1-10(2)7-8-16-13-6-4-5-12(9-13)14-11(3)15;1-11(2)5-6-13-10-7-8(12)3-4-9(10)11;1-7(12)11-9-4-3-5-10(6-9)14-8(2)13;1-6(10)9-7-3-2-4-8(11)5-7;7-5-2-1-3-6(8)4-5;1-5(2)3-4-6;1-2(3)4;;;;;;;/h4-5,8H,6-7H2,1-3H3,(H,14,15);4-6,9H,1,7-8H2,2-3H3,(H,14,15);3-4,7H,5-6,12H2,1-2H3;3-6H,1-2H3,(H,11,12);2-5,11H,1H3,(H,9,10);1-4,8H,7H2;6H,1,3-4H2,2H3;1H3;1H4;;3*1H;;1H2/q;;;;;;;;;+3;;;;+1;/p-4. The monoisotopic (exact) mass is 1420 g/mol. The second-order valence-electron chi connectivity index (χ2n) is 21.7. The van der Waals surface area contributed by atoms with E-state index in [1.165, 1.54) is 64.8 Å². The summed E-state index contributed by atoms with van der Waals surface area (Å²) in [6.45, 7) is 31.0. The first-order valence-electron chi connectivity index (χ1n) is 28.7. The van der Waals surface area contributed by atoms with Gasteiger partial charge < -0.3 is 72.5 Å². The summed E-state index contributed by atoms with van der Waals surface area (Å²) in [5.74, 6) is 2.55. The van der Waals surface area contributed by atoms with Gasteiger partial charge in [-0.1, -0.05) is 82.7 Å². The first kappa shape index (κ1) is 94.4. The molecule has 0 saturated carbocycles. The SMILES string of the molecule is C.C=C(C)CCO.C=C(C)CCOc1cccc(NC(C)=O)c1.CC(=O)Cl.CC(=O)Nc1ccc2c(c1)OCCC2(C)C.CC(=O)Nc1cccc(O)c1.CC(=O)Nc1cccc(OC(C)=O)c1.CC1(C)CCOc2cc(N)ccc21.Nc1cccc(O)c1.[Cl][Al]([Cl])[Cl].[Na+].[OH-]. The maximum atomic E-state index is 11.0. The van der Waals surface area contributed by atoms with Gasteiger partial charge in [-0.2, -0.15) is 0 Å². The molecule has 6 aromatic rings. The molecular weight excluding hydrogens is 1330 g/mol. The molecule has 2 aliphatic heterocycles. The number of rotatable bonds is 11. The van der Waals surface area contributed by atoms with Gasteiger partial charge in [0, 0.05) is 136 Å². The summed E-state index contributed by atoms with van der Waals surface area (Å²) in [5.41, 5.74) is 20.1. The molecule has 4 amide bonds. The number of anilines is 6. The molecule has 0 atom stereocenters. The van der Waals surface area contributed by atoms with Gasteiger partial charge in [-0.15, -0.1) is 13.2 Å². The zero-order chi connectivity index (χ0) is 70.1. The van der Waals surface area contributed by atoms with Crippen molar-refractivity contribution in [2.24, 2.45) is 0 Å². The molecule has 0 fully saturated rings. The summed E-state index contributed by atoms with van der Waals surface area (Å²) >= 11 is 2.91. The number of benzene rings is 6. The van der Waals surface area contributed by atoms with Crippen LogP contribution in [0.2, 0.25) is 0 Å². The van der Waals surface area contributed by atoms with Crippen molar-refractivity contribution < 1.29 is 98.1 Å². The van der Waals surface area contributed by atoms with Crippen LogP contribution in [0.25, 0.3) is 0 Å². The van der Waals surface area contributed by atoms with Crippen LogP contribution < -0.4 is 81.2 Å². The summed E-state index contributed by atoms with van der Waals surface area (Å²) in [5, 5.41) is 36.1. The maximum Gasteiger partial charge on any atom is 1.00 e. The van der Waals surface area contributed by atoms with E-state index < -0.39 is 11.4 Å². The average Bonchev–Trinajstić information content (AvgIpc) is 0.811. The predicted molar refractivity (Wildman–Crippen MR) is 386 cm³/mol. The van der Waals surface area contributed by atoms with Crippen molar-refractivity contribution in [3.8, 4) is 34.5 Å². The number of nitrogens with two attached hydrogens (primary N) is 2. The van der Waals surface area contributed by atoms with Crippen molar-refractivity contribution in [1.82, 2.24) is 0 Å². The van der Waals surface area contributed by atoms with Crippen LogP contribution in [0.1, 0.15) is 127 Å². The Hall–Kier alpha value is -6.97. The molecule has 12 N–H and O–H groups in total. The van der Waals surface area contributed by atoms with E-state index in [0.717, 1.165) is 84.4 Å². The summed E-state index contributed by atoms with van der Waals surface area (Å²) in [4.78, 5) is 62.9. The number of phenols is 2. The summed E-state index contributed by atoms with van der Waals surface area (Å²) in [6, 6.07) is 38.7. The number of fused-ring (bicyclic) bond motifs is 2. The number of ether oxygens (including phenoxy) is 4. The first-order valence-corrected chi connectivity index (χ1v) is 34.3. The number of nitrogen functional groups attached to an aromatic ring is 2. The molecule has 8 rings (SSSR count). The largest absolute Gasteiger partial charge is 1.00 e. The number of carbonyl (C=O) groups excluding carboxylic acids is 6. The number of amides is 4. The zero-order valence-electron chi connectivity index (χ0n) is 55.9. The molecule has 26 heteroatoms. The number of aliphatic hydroxyl groups excluding tert-OH is 1. The number of phenolic OH excluding ortho intramolecular Hbond substituents is 2. The van der Waals surface area contributed by atoms with Crippen LogP contribution in [0.5, 0.6) is 34.5 Å². The Labute approximate surface area is 605 Å². The van der Waals surface area contributed by atoms with Crippen molar-refractivity contribution in [2.75, 3.05) is 59.2 Å². The van der Waals surface area contributed by atoms with Crippen LogP contribution >= 0.6 is 41.7 Å². The fraction of sp³-hybridized carbons (Fsp3) is 0.333. The quantitative estimate of drug-likeness (QED) is 0.0145. The Balaban J connectivity index is -0.000000503. The third-order valence-corrected chi connectivity index (χ3v) is 11.7. The summed E-state index contributed by atoms with van der Waals surface area (Å²) in [6.07, 6.45) is 3.67. The average molecular weight is 1420 g/mol. The molecule has 0 spiro atoms. The van der Waals surface area contributed by atoms with E-state index in [0.29, 0.717) is 29.4 Å². The second-order valence-corrected chi connectivity index (χ2v) is 28.6. The number of aromatic hydroxyl groups is 2. The molecular formula is C69H94AlCl4N6NaO14. The molecule has 0 aliphatic carbocycles. The second kappa shape index (κ2) is 51.3. The van der Waals surface area contributed by atoms with E-state index in [4.69, 9.17) is 75.9 Å². The summed E-state index contributed by atoms with van der Waals surface area (Å²) < 4.78 is 21.6. The number of aliphatic hydroxyl groups is 1. The van der Waals surface area contributed by atoms with Gasteiger partial charge >= 0.3 is 46.9 Å². The molecule has 20 nitrogen and oxygen atoms in total. The Morgan fingerprint density at radius 3 is 1.27 bits per heavy atom. The van der Waals surface area contributed by atoms with E-state index in [1.54, 1.807) is 66.7 Å². The zero-order valence-corrected chi connectivity index (χ0v) is 62.1. The Bertz CT molecular complexity index is 3270. The van der Waals surface area contributed by atoms with Gasteiger partial charge in [-0.05, 0) is 116 Å². The van der Waals surface area contributed by atoms with E-state index in [9.17, 15) is 28.8 Å². The smallest absolute Gasteiger partial charge is 0.870 e. The van der Waals surface area contributed by atoms with Crippen LogP contribution in [0.15, 0.2) is 158 Å². The molecule has 516 valence electrons. The number of hydrogen-bond donors (Lipinski definition) is 9. The van der Waals surface area contributed by atoms with Gasteiger partial charge in [0.2, 0.25) is 28.9 Å². The van der Waals surface area contributed by atoms with Crippen molar-refractivity contribution in [3.05, 3.63) is 169 Å². The number of halogens is 4. The molecule has 2 aliphatic rings. The Morgan fingerprint density at radius 1 is 0.547 bits per heavy atom. The van der Waals surface area contributed by atoms with Crippen LogP contribution in [0, 0.1) is 0 Å². The molecule has 95 heavy (non-hydrogen) atoms. The fourth-order valence-electron chi connectivity index (χ4n) is 7.52. The normalized spacial score (nSPS) is 11.4. The Kier molecular flexibility index (Phi) is 51.0. The van der Waals surface area contributed by atoms with E-state index in [2.05, 4.69) is 79.8 Å². The number of nitrogens with one attached hydrogen (secondary N) is 4. The van der Waals surface area contributed by atoms with Crippen LogP contribution in [0.4, 0.5) is 34.1 Å². The summed E-state index contributed by atoms with van der Waals surface area (Å²) in [7, 11) is 14.8. The minimum Gasteiger partial charge on any atom is -0.870 e. The molecule has 2 heterocycles. The molecule has 0 radical (unpaired) electrons. The molecule has 6 aromatic carbocycles. The topological polar surface area (TPSA) is 330 Å². The van der Waals surface area contributed by atoms with Crippen LogP contribution in [0.3, 0.4) is 0 Å². The predicted octanol–water partition coefficient (Wildman–Crippen LogP) is 12.8. The first-order chi connectivity index (χ1) is 42.9. The fourth-order valence-corrected chi connectivity index (χ4v) is 7.52. The maximum absolute atomic E-state index is 11.0. The van der Waals surface area contributed by atoms with E-state index in [-0.39, 0.29) is 106 Å². The molecule has 0 unspecified atom stereocenters. The van der Waals surface area contributed by atoms with Crippen molar-refractivity contribution in [1.29, 1.82) is 0 Å². The van der Waals surface area contributed by atoms with Gasteiger partial charge in [-0.25, -0.2) is 30.1 Å². The van der Waals surface area contributed by atoms with Gasteiger partial charge in [0.15, 0.2) is 0 Å². The third-order valence-electron chi connectivity index (χ3n) is 11.7. The van der Waals surface area contributed by atoms with Crippen LogP contribution in [-0.4, -0.2) is 93.4 Å². The van der Waals surface area contributed by atoms with Crippen molar-refractivity contribution >= 4 is 122 Å². The molecule has 0 saturated heterocycles. The van der Waals surface area contributed by atoms with Gasteiger partial charge in [0.1, 0.15) is 34.5 Å². The number of hydrogen-bond acceptors (Lipinski definition) is 16. The Morgan fingerprint density at radius 2 is 0.905 bits per heavy atom. The van der Waals surface area contributed by atoms with Crippen LogP contribution in [-0.2, 0) is 39.6 Å². The molecule has 0 bridgehead atoms. The minimum absolute atomic E-state index is 0. The minimum atomic E-state index is -1.72. The van der Waals surface area contributed by atoms with Crippen molar-refractivity contribution in [2.45, 2.75) is 127 Å². The van der Waals surface area contributed by atoms with Gasteiger partial charge in [0.25, 0.3) is 0 Å². The number of esters is 1. The number of carbonyl (C=O) groups is 6. The molecule has 0 aromatic heterocycles.